The molecule has 0 aliphatic heterocycles. The number of aliphatic hydroxyl groups excluding tert-OH is 1. The number of nitrogens with zero attached hydrogens (tertiary/aromatic N) is 2. The van der Waals surface area contributed by atoms with Crippen molar-refractivity contribution < 1.29 is 14.7 Å². The molecule has 2 aromatic rings. The fourth-order valence-electron chi connectivity index (χ4n) is 2.83. The topological polar surface area (TPSA) is 128 Å². The third-order valence-electron chi connectivity index (χ3n) is 4.85. The molecule has 4 rings (SSSR count). The highest BCUT2D eigenvalue weighted by molar-refractivity contribution is 5.94. The normalized spacial score (nSPS) is 16.5. The summed E-state index contributed by atoms with van der Waals surface area (Å²) in [6, 6.07) is 8.79. The summed E-state index contributed by atoms with van der Waals surface area (Å²) in [4.78, 5) is 33.3. The summed E-state index contributed by atoms with van der Waals surface area (Å²) < 4.78 is 0. The predicted octanol–water partition coefficient (Wildman–Crippen LogP) is 2.11. The van der Waals surface area contributed by atoms with E-state index in [1.807, 2.05) is 6.92 Å². The van der Waals surface area contributed by atoms with Crippen LogP contribution in [0.15, 0.2) is 30.3 Å². The van der Waals surface area contributed by atoms with Crippen molar-refractivity contribution in [1.29, 1.82) is 0 Å². The average molecular weight is 410 g/mol. The van der Waals surface area contributed by atoms with Crippen LogP contribution >= 0.6 is 0 Å². The maximum absolute atomic E-state index is 12.5. The number of hydrogen-bond donors (Lipinski definition) is 5. The van der Waals surface area contributed by atoms with E-state index in [0.29, 0.717) is 22.9 Å². The first-order chi connectivity index (χ1) is 14.5. The zero-order valence-corrected chi connectivity index (χ0v) is 16.8. The molecule has 1 aromatic heterocycles. The second-order valence-corrected chi connectivity index (χ2v) is 7.89. The number of hydrogen-bond acceptors (Lipinski definition) is 6. The number of anilines is 2. The standard InChI is InChI=1S/C21H26N6O3/c1-12(11-28)22-18-10-17(20(29)23-14-6-7-14)26-19(27-18)13-2-4-15(5-3-13)24-21(30)25-16-8-9-16/h2-5,10,12,14,16,28H,6-9,11H2,1H3,(H,23,29)(H,22,26,27)(H2,24,25,30)/t12-/m0/s1. The molecule has 0 radical (unpaired) electrons. The predicted molar refractivity (Wildman–Crippen MR) is 113 cm³/mol. The number of rotatable bonds is 8. The molecule has 30 heavy (non-hydrogen) atoms. The molecule has 2 fully saturated rings. The van der Waals surface area contributed by atoms with E-state index in [2.05, 4.69) is 31.2 Å². The van der Waals surface area contributed by atoms with Crippen LogP contribution in [-0.2, 0) is 0 Å². The highest BCUT2D eigenvalue weighted by Crippen LogP contribution is 2.23. The molecule has 1 heterocycles. The molecule has 2 saturated carbocycles. The molecule has 1 atom stereocenters. The van der Waals surface area contributed by atoms with E-state index < -0.39 is 0 Å². The Kier molecular flexibility index (Phi) is 5.80. The number of aliphatic hydroxyl groups is 1. The molecular weight excluding hydrogens is 384 g/mol. The molecule has 5 N–H and O–H groups in total. The molecule has 0 spiro atoms. The molecule has 1 aromatic carbocycles. The first-order valence-electron chi connectivity index (χ1n) is 10.3. The van der Waals surface area contributed by atoms with Gasteiger partial charge >= 0.3 is 6.03 Å². The number of benzene rings is 1. The van der Waals surface area contributed by atoms with Gasteiger partial charge in [0.25, 0.3) is 5.91 Å². The van der Waals surface area contributed by atoms with Gasteiger partial charge in [-0.1, -0.05) is 0 Å². The van der Waals surface area contributed by atoms with E-state index in [4.69, 9.17) is 0 Å². The van der Waals surface area contributed by atoms with Gasteiger partial charge in [0.1, 0.15) is 11.5 Å². The molecule has 0 bridgehead atoms. The lowest BCUT2D eigenvalue weighted by atomic mass is 10.2. The van der Waals surface area contributed by atoms with E-state index in [1.165, 1.54) is 0 Å². The average Bonchev–Trinajstić information content (AvgIpc) is 3.65. The smallest absolute Gasteiger partial charge is 0.319 e. The van der Waals surface area contributed by atoms with E-state index in [-0.39, 0.29) is 42.4 Å². The Morgan fingerprint density at radius 1 is 1.07 bits per heavy atom. The summed E-state index contributed by atoms with van der Waals surface area (Å²) in [5.74, 6) is 0.615. The minimum Gasteiger partial charge on any atom is -0.394 e. The Balaban J connectivity index is 1.53. The molecule has 2 aliphatic rings. The van der Waals surface area contributed by atoms with Gasteiger partial charge in [-0.3, -0.25) is 4.79 Å². The van der Waals surface area contributed by atoms with Crippen molar-refractivity contribution in [3.63, 3.8) is 0 Å². The van der Waals surface area contributed by atoms with Crippen LogP contribution in [0.3, 0.4) is 0 Å². The molecule has 0 unspecified atom stereocenters. The highest BCUT2D eigenvalue weighted by atomic mass is 16.3. The van der Waals surface area contributed by atoms with Crippen LogP contribution in [0.5, 0.6) is 0 Å². The van der Waals surface area contributed by atoms with Gasteiger partial charge in [-0.15, -0.1) is 0 Å². The van der Waals surface area contributed by atoms with Crippen molar-refractivity contribution in [2.75, 3.05) is 17.2 Å². The SMILES string of the molecule is C[C@@H](CO)Nc1cc(C(=O)NC2CC2)nc(-c2ccc(NC(=O)NC3CC3)cc2)n1. The van der Waals surface area contributed by atoms with Crippen LogP contribution in [0.4, 0.5) is 16.3 Å². The van der Waals surface area contributed by atoms with Crippen LogP contribution in [0, 0.1) is 0 Å². The highest BCUT2D eigenvalue weighted by Gasteiger charge is 2.25. The van der Waals surface area contributed by atoms with Gasteiger partial charge in [0.15, 0.2) is 5.82 Å². The van der Waals surface area contributed by atoms with Crippen molar-refractivity contribution >= 4 is 23.4 Å². The second-order valence-electron chi connectivity index (χ2n) is 7.89. The third kappa shape index (κ3) is 5.44. The van der Waals surface area contributed by atoms with Crippen molar-refractivity contribution in [3.05, 3.63) is 36.0 Å². The van der Waals surface area contributed by atoms with Crippen LogP contribution in [0.25, 0.3) is 11.4 Å². The summed E-state index contributed by atoms with van der Waals surface area (Å²) in [6.45, 7) is 1.76. The lowest BCUT2D eigenvalue weighted by Gasteiger charge is -2.14. The Hall–Kier alpha value is -3.20. The van der Waals surface area contributed by atoms with Crippen molar-refractivity contribution in [1.82, 2.24) is 20.6 Å². The van der Waals surface area contributed by atoms with Crippen molar-refractivity contribution in [3.8, 4) is 11.4 Å². The van der Waals surface area contributed by atoms with Gasteiger partial charge in [-0.2, -0.15) is 0 Å². The Labute approximate surface area is 174 Å². The summed E-state index contributed by atoms with van der Waals surface area (Å²) in [7, 11) is 0. The Morgan fingerprint density at radius 3 is 2.37 bits per heavy atom. The lowest BCUT2D eigenvalue weighted by Crippen LogP contribution is -2.30. The number of amides is 3. The number of nitrogens with one attached hydrogen (secondary N) is 4. The van der Waals surface area contributed by atoms with Crippen LogP contribution in [0.1, 0.15) is 43.1 Å². The molecule has 9 nitrogen and oxygen atoms in total. The summed E-state index contributed by atoms with van der Waals surface area (Å²) >= 11 is 0. The Bertz CT molecular complexity index is 925. The van der Waals surface area contributed by atoms with E-state index >= 15 is 0 Å². The van der Waals surface area contributed by atoms with Gasteiger partial charge in [0.2, 0.25) is 0 Å². The molecule has 9 heteroatoms. The molecule has 2 aliphatic carbocycles. The maximum Gasteiger partial charge on any atom is 0.319 e. The summed E-state index contributed by atoms with van der Waals surface area (Å²) in [5.41, 5.74) is 1.64. The van der Waals surface area contributed by atoms with Crippen LogP contribution < -0.4 is 21.3 Å². The zero-order valence-electron chi connectivity index (χ0n) is 16.8. The largest absolute Gasteiger partial charge is 0.394 e. The van der Waals surface area contributed by atoms with Gasteiger partial charge < -0.3 is 26.4 Å². The third-order valence-corrected chi connectivity index (χ3v) is 4.85. The minimum atomic E-state index is -0.240. The molecular formula is C21H26N6O3. The van der Waals surface area contributed by atoms with Crippen LogP contribution in [-0.4, -0.2) is 51.7 Å². The molecule has 158 valence electrons. The fraction of sp³-hybridized carbons (Fsp3) is 0.429. The van der Waals surface area contributed by atoms with Crippen LogP contribution in [0.2, 0.25) is 0 Å². The van der Waals surface area contributed by atoms with E-state index in [9.17, 15) is 14.7 Å². The van der Waals surface area contributed by atoms with E-state index in [0.717, 1.165) is 25.7 Å². The quantitative estimate of drug-likeness (QED) is 0.453. The number of aromatic nitrogens is 2. The first-order valence-corrected chi connectivity index (χ1v) is 10.3. The van der Waals surface area contributed by atoms with E-state index in [1.54, 1.807) is 30.3 Å². The molecule has 3 amide bonds. The first kappa shape index (κ1) is 20.1. The molecule has 0 saturated heterocycles. The van der Waals surface area contributed by atoms with Crippen molar-refractivity contribution in [2.24, 2.45) is 0 Å². The van der Waals surface area contributed by atoms with Crippen molar-refractivity contribution in [2.45, 2.75) is 50.7 Å². The summed E-state index contributed by atoms with van der Waals surface area (Å²) in [5, 5.41) is 21.0. The Morgan fingerprint density at radius 2 is 1.73 bits per heavy atom. The fourth-order valence-corrected chi connectivity index (χ4v) is 2.83. The van der Waals surface area contributed by atoms with Gasteiger partial charge in [-0.25, -0.2) is 14.8 Å². The monoisotopic (exact) mass is 410 g/mol. The van der Waals surface area contributed by atoms with Gasteiger partial charge in [0, 0.05) is 35.4 Å². The zero-order chi connectivity index (χ0) is 21.1. The number of urea groups is 1. The lowest BCUT2D eigenvalue weighted by molar-refractivity contribution is 0.0946. The minimum absolute atomic E-state index is 0.0633. The number of carbonyl (C=O) groups excluding carboxylic acids is 2. The second kappa shape index (κ2) is 8.66. The van der Waals surface area contributed by atoms with Gasteiger partial charge in [-0.05, 0) is 56.9 Å². The van der Waals surface area contributed by atoms with Gasteiger partial charge in [0.05, 0.1) is 6.61 Å². The summed E-state index contributed by atoms with van der Waals surface area (Å²) in [6.07, 6.45) is 4.03. The maximum atomic E-state index is 12.5. The number of carbonyl (C=O) groups is 2.